The van der Waals surface area contributed by atoms with E-state index < -0.39 is 17.6 Å². The summed E-state index contributed by atoms with van der Waals surface area (Å²) >= 11 is 0. The van der Waals surface area contributed by atoms with Gasteiger partial charge in [-0.15, -0.1) is 12.4 Å². The fourth-order valence-electron chi connectivity index (χ4n) is 4.12. The highest BCUT2D eigenvalue weighted by Gasteiger charge is 2.68. The van der Waals surface area contributed by atoms with Gasteiger partial charge < -0.3 is 10.2 Å². The van der Waals surface area contributed by atoms with Crippen LogP contribution in [0.2, 0.25) is 0 Å². The van der Waals surface area contributed by atoms with Crippen LogP contribution in [-0.4, -0.2) is 41.7 Å². The summed E-state index contributed by atoms with van der Waals surface area (Å²) in [7, 11) is 0. The van der Waals surface area contributed by atoms with Crippen molar-refractivity contribution in [1.29, 1.82) is 0 Å². The average molecular weight is 411 g/mol. The highest BCUT2D eigenvalue weighted by molar-refractivity contribution is 5.85. The number of nitrogens with one attached hydrogen (secondary N) is 1. The number of carbonyl (C=O) groups is 1. The van der Waals surface area contributed by atoms with Gasteiger partial charge in [-0.3, -0.25) is 4.79 Å². The Labute approximate surface area is 168 Å². The van der Waals surface area contributed by atoms with E-state index >= 15 is 0 Å². The molecule has 1 saturated carbocycles. The number of halogens is 4. The number of benzene rings is 2. The van der Waals surface area contributed by atoms with Crippen molar-refractivity contribution in [3.05, 3.63) is 71.8 Å². The van der Waals surface area contributed by atoms with Gasteiger partial charge in [0.05, 0.1) is 6.54 Å². The first-order chi connectivity index (χ1) is 12.9. The van der Waals surface area contributed by atoms with Gasteiger partial charge in [-0.05, 0) is 24.0 Å². The molecule has 1 unspecified atom stereocenters. The van der Waals surface area contributed by atoms with E-state index in [1.54, 1.807) is 0 Å². The van der Waals surface area contributed by atoms with E-state index in [9.17, 15) is 18.0 Å². The monoisotopic (exact) mass is 410 g/mol. The molecule has 1 heterocycles. The molecule has 0 spiro atoms. The third-order valence-electron chi connectivity index (χ3n) is 5.68. The zero-order chi connectivity index (χ0) is 19.1. The Balaban J connectivity index is 0.00000225. The Hall–Kier alpha value is -2.05. The van der Waals surface area contributed by atoms with Crippen molar-refractivity contribution in [2.75, 3.05) is 13.1 Å². The van der Waals surface area contributed by atoms with Gasteiger partial charge in [0, 0.05) is 18.5 Å². The highest BCUT2D eigenvalue weighted by atomic mass is 35.5. The Bertz CT molecular complexity index is 770. The molecular formula is C21H22ClF3N2O. The van der Waals surface area contributed by atoms with Gasteiger partial charge in [-0.25, -0.2) is 0 Å². The summed E-state index contributed by atoms with van der Waals surface area (Å²) in [5.74, 6) is -0.604. The molecule has 4 rings (SSSR count). The number of nitrogens with zero attached hydrogens (tertiary/aromatic N) is 1. The first kappa shape index (κ1) is 20.7. The first-order valence-corrected chi connectivity index (χ1v) is 9.13. The lowest BCUT2D eigenvalue weighted by molar-refractivity contribution is -0.203. The van der Waals surface area contributed by atoms with Crippen molar-refractivity contribution in [3.8, 4) is 0 Å². The van der Waals surface area contributed by atoms with Crippen LogP contribution in [0, 0.1) is 0 Å². The Kier molecular flexibility index (Phi) is 5.73. The number of carbonyl (C=O) groups excluding carboxylic acids is 1. The van der Waals surface area contributed by atoms with Crippen LogP contribution < -0.4 is 5.32 Å². The van der Waals surface area contributed by atoms with E-state index in [1.807, 2.05) is 60.7 Å². The van der Waals surface area contributed by atoms with Gasteiger partial charge in [0.2, 0.25) is 5.91 Å². The van der Waals surface area contributed by atoms with Crippen LogP contribution in [0.25, 0.3) is 0 Å². The molecule has 0 radical (unpaired) electrons. The summed E-state index contributed by atoms with van der Waals surface area (Å²) in [5.41, 5.74) is 0.0715. The second kappa shape index (κ2) is 7.76. The minimum atomic E-state index is -4.39. The van der Waals surface area contributed by atoms with Crippen LogP contribution in [0.1, 0.15) is 29.9 Å². The molecule has 2 fully saturated rings. The minimum absolute atomic E-state index is 0. The number of hydrogen-bond acceptors (Lipinski definition) is 2. The molecule has 2 aliphatic rings. The second-order valence-corrected chi connectivity index (χ2v) is 7.32. The Morgan fingerprint density at radius 2 is 1.46 bits per heavy atom. The van der Waals surface area contributed by atoms with Gasteiger partial charge in [0.25, 0.3) is 0 Å². The van der Waals surface area contributed by atoms with Gasteiger partial charge in [0.1, 0.15) is 5.54 Å². The standard InChI is InChI=1S/C21H21F3N2O.ClH/c22-21(23,24)20(11-12-20)26-14-17(25-13-18(26)27)19(15-7-3-1-4-8-15)16-9-5-2-6-10-16;/h1-10,17,19,25H,11-14H2;1H. The quantitative estimate of drug-likeness (QED) is 0.821. The van der Waals surface area contributed by atoms with E-state index in [2.05, 4.69) is 5.32 Å². The molecule has 2 aromatic rings. The molecule has 1 aliphatic carbocycles. The SMILES string of the molecule is Cl.O=C1CNC(C(c2ccccc2)c2ccccc2)CN1C1(C(F)(F)F)CC1. The highest BCUT2D eigenvalue weighted by Crippen LogP contribution is 2.54. The molecule has 3 nitrogen and oxygen atoms in total. The zero-order valence-corrected chi connectivity index (χ0v) is 16.0. The number of amides is 1. The largest absolute Gasteiger partial charge is 0.411 e. The third-order valence-corrected chi connectivity index (χ3v) is 5.68. The van der Waals surface area contributed by atoms with Crippen molar-refractivity contribution < 1.29 is 18.0 Å². The minimum Gasteiger partial charge on any atom is -0.325 e. The number of piperazine rings is 1. The van der Waals surface area contributed by atoms with Crippen LogP contribution >= 0.6 is 12.4 Å². The summed E-state index contributed by atoms with van der Waals surface area (Å²) in [5, 5.41) is 3.19. The van der Waals surface area contributed by atoms with Crippen LogP contribution in [0.4, 0.5) is 13.2 Å². The summed E-state index contributed by atoms with van der Waals surface area (Å²) < 4.78 is 40.8. The van der Waals surface area contributed by atoms with Crippen molar-refractivity contribution in [3.63, 3.8) is 0 Å². The predicted molar refractivity (Wildman–Crippen MR) is 103 cm³/mol. The molecule has 7 heteroatoms. The zero-order valence-electron chi connectivity index (χ0n) is 15.2. The molecule has 1 aliphatic heterocycles. The lowest BCUT2D eigenvalue weighted by atomic mass is 9.83. The topological polar surface area (TPSA) is 32.3 Å². The molecule has 1 N–H and O–H groups in total. The molecule has 28 heavy (non-hydrogen) atoms. The maximum Gasteiger partial charge on any atom is 0.411 e. The summed E-state index contributed by atoms with van der Waals surface area (Å²) in [6, 6.07) is 19.2. The fourth-order valence-corrected chi connectivity index (χ4v) is 4.12. The second-order valence-electron chi connectivity index (χ2n) is 7.32. The van der Waals surface area contributed by atoms with Gasteiger partial charge >= 0.3 is 6.18 Å². The van der Waals surface area contributed by atoms with Crippen LogP contribution in [-0.2, 0) is 4.79 Å². The molecule has 1 saturated heterocycles. The van der Waals surface area contributed by atoms with E-state index in [-0.39, 0.29) is 50.3 Å². The van der Waals surface area contributed by atoms with Gasteiger partial charge in [0.15, 0.2) is 0 Å². The van der Waals surface area contributed by atoms with Crippen molar-refractivity contribution >= 4 is 18.3 Å². The summed E-state index contributed by atoms with van der Waals surface area (Å²) in [6.07, 6.45) is -4.40. The predicted octanol–water partition coefficient (Wildman–Crippen LogP) is 4.14. The van der Waals surface area contributed by atoms with E-state index in [0.717, 1.165) is 16.0 Å². The maximum atomic E-state index is 13.6. The Morgan fingerprint density at radius 3 is 1.89 bits per heavy atom. The van der Waals surface area contributed by atoms with Crippen molar-refractivity contribution in [2.45, 2.75) is 36.5 Å². The maximum absolute atomic E-state index is 13.6. The lowest BCUT2D eigenvalue weighted by Crippen LogP contribution is -2.63. The van der Waals surface area contributed by atoms with Gasteiger partial charge in [-0.2, -0.15) is 13.2 Å². The molecule has 2 aromatic carbocycles. The number of hydrogen-bond donors (Lipinski definition) is 1. The summed E-state index contributed by atoms with van der Waals surface area (Å²) in [4.78, 5) is 13.4. The normalized spacial score (nSPS) is 21.4. The van der Waals surface area contributed by atoms with Crippen LogP contribution in [0.5, 0.6) is 0 Å². The molecule has 1 atom stereocenters. The average Bonchev–Trinajstić information content (AvgIpc) is 3.47. The number of alkyl halides is 3. The Morgan fingerprint density at radius 1 is 0.964 bits per heavy atom. The fraction of sp³-hybridized carbons (Fsp3) is 0.381. The lowest BCUT2D eigenvalue weighted by Gasteiger charge is -2.42. The molecule has 1 amide bonds. The smallest absolute Gasteiger partial charge is 0.325 e. The molecular weight excluding hydrogens is 389 g/mol. The van der Waals surface area contributed by atoms with E-state index in [4.69, 9.17) is 0 Å². The van der Waals surface area contributed by atoms with E-state index in [1.165, 1.54) is 0 Å². The third kappa shape index (κ3) is 3.63. The van der Waals surface area contributed by atoms with Crippen LogP contribution in [0.3, 0.4) is 0 Å². The van der Waals surface area contributed by atoms with Gasteiger partial charge in [-0.1, -0.05) is 60.7 Å². The first-order valence-electron chi connectivity index (χ1n) is 9.13. The molecule has 0 bridgehead atoms. The van der Waals surface area contributed by atoms with Crippen molar-refractivity contribution in [1.82, 2.24) is 10.2 Å². The van der Waals surface area contributed by atoms with Crippen LogP contribution in [0.15, 0.2) is 60.7 Å². The summed E-state index contributed by atoms with van der Waals surface area (Å²) in [6.45, 7) is -0.0224. The van der Waals surface area contributed by atoms with E-state index in [0.29, 0.717) is 0 Å². The number of rotatable bonds is 4. The molecule has 0 aromatic heterocycles. The molecule has 150 valence electrons. The van der Waals surface area contributed by atoms with Crippen molar-refractivity contribution in [2.24, 2.45) is 0 Å².